The monoisotopic (exact) mass is 301 g/mol. The Kier molecular flexibility index (Phi) is 3.52. The normalized spacial score (nSPS) is 19.0. The molecule has 5 nitrogen and oxygen atoms in total. The van der Waals surface area contributed by atoms with Crippen molar-refractivity contribution < 1.29 is 13.9 Å². The number of nitrogens with one attached hydrogen (secondary N) is 1. The van der Waals surface area contributed by atoms with E-state index in [4.69, 9.17) is 4.74 Å². The van der Waals surface area contributed by atoms with E-state index in [9.17, 15) is 9.18 Å². The largest absolute Gasteiger partial charge is 0.487 e. The molecule has 0 bridgehead atoms. The molecule has 1 atom stereocenters. The van der Waals surface area contributed by atoms with E-state index in [1.54, 1.807) is 6.07 Å². The number of carbonyl (C=O) groups is 1. The average Bonchev–Trinajstić information content (AvgIpc) is 2.46. The highest BCUT2D eigenvalue weighted by molar-refractivity contribution is 5.92. The van der Waals surface area contributed by atoms with E-state index in [0.29, 0.717) is 12.2 Å². The number of rotatable bonds is 2. The first-order chi connectivity index (χ1) is 10.4. The minimum absolute atomic E-state index is 0.246. The second-order valence-corrected chi connectivity index (χ2v) is 5.86. The van der Waals surface area contributed by atoms with Gasteiger partial charge in [-0.3, -0.25) is 9.78 Å². The van der Waals surface area contributed by atoms with Crippen LogP contribution >= 0.6 is 0 Å². The molecule has 0 spiro atoms. The summed E-state index contributed by atoms with van der Waals surface area (Å²) in [6.07, 6.45) is 4.96. The Balaban J connectivity index is 1.89. The Hall–Kier alpha value is -2.50. The molecule has 0 saturated carbocycles. The molecule has 1 amide bonds. The van der Waals surface area contributed by atoms with Crippen molar-refractivity contribution in [1.29, 1.82) is 0 Å². The maximum absolute atomic E-state index is 13.4. The molecule has 2 heterocycles. The third-order valence-electron chi connectivity index (χ3n) is 3.53. The van der Waals surface area contributed by atoms with Crippen molar-refractivity contribution in [1.82, 2.24) is 15.3 Å². The van der Waals surface area contributed by atoms with Gasteiger partial charge in [-0.2, -0.15) is 0 Å². The van der Waals surface area contributed by atoms with Crippen LogP contribution in [0.25, 0.3) is 0 Å². The van der Waals surface area contributed by atoms with Crippen LogP contribution in [0.15, 0.2) is 36.8 Å². The number of nitrogens with zero attached hydrogens (tertiary/aromatic N) is 2. The third kappa shape index (κ3) is 2.90. The van der Waals surface area contributed by atoms with Gasteiger partial charge >= 0.3 is 0 Å². The molecule has 0 saturated heterocycles. The van der Waals surface area contributed by atoms with Crippen LogP contribution < -0.4 is 10.1 Å². The van der Waals surface area contributed by atoms with Crippen LogP contribution in [-0.4, -0.2) is 21.5 Å². The molecule has 0 aliphatic carbocycles. The van der Waals surface area contributed by atoms with Crippen LogP contribution in [0.3, 0.4) is 0 Å². The topological polar surface area (TPSA) is 64.1 Å². The van der Waals surface area contributed by atoms with Crippen molar-refractivity contribution in [2.45, 2.75) is 31.9 Å². The molecule has 114 valence electrons. The lowest BCUT2D eigenvalue weighted by molar-refractivity contribution is 0.0614. The highest BCUT2D eigenvalue weighted by Crippen LogP contribution is 2.39. The van der Waals surface area contributed by atoms with Crippen molar-refractivity contribution in [2.24, 2.45) is 0 Å². The molecule has 3 rings (SSSR count). The second kappa shape index (κ2) is 5.36. The highest BCUT2D eigenvalue weighted by Gasteiger charge is 2.35. The molecule has 1 N–H and O–H groups in total. The predicted octanol–water partition coefficient (Wildman–Crippen LogP) is 2.65. The van der Waals surface area contributed by atoms with Crippen molar-refractivity contribution in [3.05, 3.63) is 53.9 Å². The van der Waals surface area contributed by atoms with Gasteiger partial charge in [0.1, 0.15) is 22.9 Å². The van der Waals surface area contributed by atoms with Gasteiger partial charge in [0.2, 0.25) is 0 Å². The average molecular weight is 301 g/mol. The number of hydrogen-bond donors (Lipinski definition) is 1. The van der Waals surface area contributed by atoms with Gasteiger partial charge in [0.05, 0.1) is 12.2 Å². The Morgan fingerprint density at radius 3 is 2.95 bits per heavy atom. The second-order valence-electron chi connectivity index (χ2n) is 5.86. The zero-order valence-electron chi connectivity index (χ0n) is 12.3. The van der Waals surface area contributed by atoms with Crippen molar-refractivity contribution in [2.75, 3.05) is 0 Å². The van der Waals surface area contributed by atoms with E-state index in [2.05, 4.69) is 15.3 Å². The molecule has 6 heteroatoms. The smallest absolute Gasteiger partial charge is 0.271 e. The zero-order chi connectivity index (χ0) is 15.7. The van der Waals surface area contributed by atoms with Crippen LogP contribution in [0.5, 0.6) is 5.75 Å². The highest BCUT2D eigenvalue weighted by atomic mass is 19.1. The third-order valence-corrected chi connectivity index (χ3v) is 3.53. The fourth-order valence-electron chi connectivity index (χ4n) is 2.60. The zero-order valence-corrected chi connectivity index (χ0v) is 12.3. The van der Waals surface area contributed by atoms with Crippen molar-refractivity contribution >= 4 is 5.91 Å². The summed E-state index contributed by atoms with van der Waals surface area (Å²) in [5, 5.41) is 2.92. The van der Waals surface area contributed by atoms with Gasteiger partial charge in [0, 0.05) is 30.4 Å². The molecule has 1 aromatic carbocycles. The quantitative estimate of drug-likeness (QED) is 0.926. The molecular weight excluding hydrogens is 285 g/mol. The van der Waals surface area contributed by atoms with Crippen molar-refractivity contribution in [3.8, 4) is 5.75 Å². The molecule has 22 heavy (non-hydrogen) atoms. The summed E-state index contributed by atoms with van der Waals surface area (Å²) in [7, 11) is 0. The van der Waals surface area contributed by atoms with Gasteiger partial charge in [-0.15, -0.1) is 0 Å². The molecule has 2 aromatic rings. The van der Waals surface area contributed by atoms with Crippen LogP contribution in [-0.2, 0) is 0 Å². The van der Waals surface area contributed by atoms with Crippen LogP contribution in [0.2, 0.25) is 0 Å². The van der Waals surface area contributed by atoms with Crippen molar-refractivity contribution in [3.63, 3.8) is 0 Å². The number of ether oxygens (including phenoxy) is 1. The summed E-state index contributed by atoms with van der Waals surface area (Å²) in [5.74, 6) is -0.220. The number of benzene rings is 1. The number of fused-ring (bicyclic) bond motifs is 1. The molecule has 1 unspecified atom stereocenters. The van der Waals surface area contributed by atoms with E-state index >= 15 is 0 Å². The van der Waals surface area contributed by atoms with E-state index < -0.39 is 5.60 Å². The first kappa shape index (κ1) is 14.4. The predicted molar refractivity (Wildman–Crippen MR) is 78.0 cm³/mol. The van der Waals surface area contributed by atoms with E-state index in [0.717, 1.165) is 5.56 Å². The summed E-state index contributed by atoms with van der Waals surface area (Å²) >= 11 is 0. The first-order valence-corrected chi connectivity index (χ1v) is 7.00. The minimum Gasteiger partial charge on any atom is -0.487 e. The fourth-order valence-corrected chi connectivity index (χ4v) is 2.60. The lowest BCUT2D eigenvalue weighted by Gasteiger charge is -2.37. The van der Waals surface area contributed by atoms with Gasteiger partial charge < -0.3 is 10.1 Å². The van der Waals surface area contributed by atoms with Crippen LogP contribution in [0.4, 0.5) is 4.39 Å². The number of aromatic nitrogens is 2. The van der Waals surface area contributed by atoms with E-state index in [1.807, 2.05) is 13.8 Å². The SMILES string of the molecule is CC1(C)CC(NC(=O)c2cnccn2)c2ccc(F)cc2O1. The Morgan fingerprint density at radius 1 is 1.41 bits per heavy atom. The lowest BCUT2D eigenvalue weighted by atomic mass is 9.89. The molecule has 1 aromatic heterocycles. The number of amides is 1. The number of hydrogen-bond acceptors (Lipinski definition) is 4. The van der Waals surface area contributed by atoms with Gasteiger partial charge in [-0.05, 0) is 19.9 Å². The Bertz CT molecular complexity index is 704. The van der Waals surface area contributed by atoms with Gasteiger partial charge in [0.15, 0.2) is 0 Å². The first-order valence-electron chi connectivity index (χ1n) is 7.00. The fraction of sp³-hybridized carbons (Fsp3) is 0.312. The van der Waals surface area contributed by atoms with E-state index in [1.165, 1.54) is 30.7 Å². The molecule has 1 aliphatic heterocycles. The summed E-state index contributed by atoms with van der Waals surface area (Å²) in [4.78, 5) is 20.1. The molecular formula is C16H16FN3O2. The molecule has 0 fully saturated rings. The summed E-state index contributed by atoms with van der Waals surface area (Å²) in [5.41, 5.74) is 0.509. The minimum atomic E-state index is -0.499. The number of carbonyl (C=O) groups excluding carboxylic acids is 1. The summed E-state index contributed by atoms with van der Waals surface area (Å²) in [6.45, 7) is 3.81. The van der Waals surface area contributed by atoms with Gasteiger partial charge in [0.25, 0.3) is 5.91 Å². The van der Waals surface area contributed by atoms with E-state index in [-0.39, 0.29) is 23.5 Å². The maximum Gasteiger partial charge on any atom is 0.271 e. The van der Waals surface area contributed by atoms with Crippen LogP contribution in [0.1, 0.15) is 42.4 Å². The van der Waals surface area contributed by atoms with Gasteiger partial charge in [-0.25, -0.2) is 9.37 Å². The maximum atomic E-state index is 13.4. The lowest BCUT2D eigenvalue weighted by Crippen LogP contribution is -2.41. The standard InChI is InChI=1S/C16H16FN3O2/c1-16(2)8-12(11-4-3-10(17)7-14(11)22-16)20-15(21)13-9-18-5-6-19-13/h3-7,9,12H,8H2,1-2H3,(H,20,21). The number of halogens is 1. The molecule has 1 aliphatic rings. The van der Waals surface area contributed by atoms with Crippen LogP contribution in [0, 0.1) is 5.82 Å². The Labute approximate surface area is 127 Å². The summed E-state index contributed by atoms with van der Waals surface area (Å²) in [6, 6.07) is 4.08. The summed E-state index contributed by atoms with van der Waals surface area (Å²) < 4.78 is 19.2. The van der Waals surface area contributed by atoms with Gasteiger partial charge in [-0.1, -0.05) is 6.07 Å². The Morgan fingerprint density at radius 2 is 2.23 bits per heavy atom. The molecule has 0 radical (unpaired) electrons.